The van der Waals surface area contributed by atoms with Crippen molar-refractivity contribution in [3.05, 3.63) is 0 Å². The van der Waals surface area contributed by atoms with Gasteiger partial charge in [0.05, 0.1) is 12.0 Å². The number of aliphatic carboxylic acids is 1. The van der Waals surface area contributed by atoms with E-state index >= 15 is 0 Å². The van der Waals surface area contributed by atoms with Crippen molar-refractivity contribution in [1.82, 2.24) is 0 Å². The van der Waals surface area contributed by atoms with Crippen LogP contribution in [0.3, 0.4) is 0 Å². The van der Waals surface area contributed by atoms with Crippen molar-refractivity contribution in [3.8, 4) is 0 Å². The Balaban J connectivity index is 2.61. The monoisotopic (exact) mass is 186 g/mol. The molecule has 1 aliphatic rings. The van der Waals surface area contributed by atoms with E-state index in [1.165, 1.54) is 0 Å². The molecular formula is C10H18O3. The van der Waals surface area contributed by atoms with Crippen LogP contribution in [0.5, 0.6) is 0 Å². The summed E-state index contributed by atoms with van der Waals surface area (Å²) in [5, 5.41) is 18.6. The third kappa shape index (κ3) is 2.44. The summed E-state index contributed by atoms with van der Waals surface area (Å²) in [7, 11) is 0. The molecule has 76 valence electrons. The first-order chi connectivity index (χ1) is 6.16. The summed E-state index contributed by atoms with van der Waals surface area (Å²) in [6.07, 6.45) is 3.88. The van der Waals surface area contributed by atoms with Crippen LogP contribution in [0.15, 0.2) is 0 Å². The maximum absolute atomic E-state index is 10.9. The molecule has 3 heteroatoms. The summed E-state index contributed by atoms with van der Waals surface area (Å²) in [5.41, 5.74) is 0. The SMILES string of the molecule is CCC(O)C1CCCCC1C(=O)O. The zero-order valence-electron chi connectivity index (χ0n) is 8.07. The molecule has 0 amide bonds. The summed E-state index contributed by atoms with van der Waals surface area (Å²) < 4.78 is 0. The minimum Gasteiger partial charge on any atom is -0.481 e. The molecule has 1 aliphatic carbocycles. The van der Waals surface area contributed by atoms with E-state index in [0.29, 0.717) is 6.42 Å². The third-order valence-corrected chi connectivity index (χ3v) is 3.05. The lowest BCUT2D eigenvalue weighted by Gasteiger charge is -2.31. The van der Waals surface area contributed by atoms with Crippen LogP contribution < -0.4 is 0 Å². The lowest BCUT2D eigenvalue weighted by Crippen LogP contribution is -2.34. The van der Waals surface area contributed by atoms with Gasteiger partial charge in [-0.2, -0.15) is 0 Å². The zero-order valence-corrected chi connectivity index (χ0v) is 8.07. The van der Waals surface area contributed by atoms with Gasteiger partial charge in [-0.25, -0.2) is 0 Å². The number of aliphatic hydroxyl groups excluding tert-OH is 1. The molecule has 0 aromatic heterocycles. The summed E-state index contributed by atoms with van der Waals surface area (Å²) in [4.78, 5) is 10.9. The minimum atomic E-state index is -0.739. The average molecular weight is 186 g/mol. The molecule has 1 saturated carbocycles. The van der Waals surface area contributed by atoms with Gasteiger partial charge in [0.25, 0.3) is 0 Å². The molecule has 3 atom stereocenters. The predicted molar refractivity (Wildman–Crippen MR) is 49.4 cm³/mol. The molecule has 0 saturated heterocycles. The van der Waals surface area contributed by atoms with E-state index in [-0.39, 0.29) is 11.8 Å². The molecule has 3 unspecified atom stereocenters. The van der Waals surface area contributed by atoms with Crippen LogP contribution in [0.2, 0.25) is 0 Å². The molecule has 0 radical (unpaired) electrons. The van der Waals surface area contributed by atoms with E-state index in [2.05, 4.69) is 0 Å². The quantitative estimate of drug-likeness (QED) is 0.704. The van der Waals surface area contributed by atoms with Crippen LogP contribution in [0.25, 0.3) is 0 Å². The fourth-order valence-electron chi connectivity index (χ4n) is 2.23. The van der Waals surface area contributed by atoms with Crippen LogP contribution in [-0.2, 0) is 4.79 Å². The van der Waals surface area contributed by atoms with Crippen molar-refractivity contribution in [2.24, 2.45) is 11.8 Å². The lowest BCUT2D eigenvalue weighted by molar-refractivity contribution is -0.147. The van der Waals surface area contributed by atoms with Crippen molar-refractivity contribution < 1.29 is 15.0 Å². The first-order valence-electron chi connectivity index (χ1n) is 5.07. The van der Waals surface area contributed by atoms with Gasteiger partial charge in [-0.05, 0) is 25.2 Å². The Bertz CT molecular complexity index is 179. The second kappa shape index (κ2) is 4.61. The van der Waals surface area contributed by atoms with Gasteiger partial charge in [0.15, 0.2) is 0 Å². The largest absolute Gasteiger partial charge is 0.481 e. The smallest absolute Gasteiger partial charge is 0.306 e. The maximum Gasteiger partial charge on any atom is 0.306 e. The molecule has 0 aromatic rings. The van der Waals surface area contributed by atoms with Crippen LogP contribution in [0.1, 0.15) is 39.0 Å². The molecule has 1 rings (SSSR count). The van der Waals surface area contributed by atoms with Crippen molar-refractivity contribution >= 4 is 5.97 Å². The van der Waals surface area contributed by atoms with E-state index in [9.17, 15) is 9.90 Å². The summed E-state index contributed by atoms with van der Waals surface area (Å²) in [6.45, 7) is 1.90. The Kier molecular flexibility index (Phi) is 3.72. The lowest BCUT2D eigenvalue weighted by atomic mass is 9.75. The van der Waals surface area contributed by atoms with Crippen molar-refractivity contribution in [1.29, 1.82) is 0 Å². The van der Waals surface area contributed by atoms with E-state index < -0.39 is 12.1 Å². The topological polar surface area (TPSA) is 57.5 Å². The Morgan fingerprint density at radius 2 is 2.08 bits per heavy atom. The number of carbonyl (C=O) groups is 1. The summed E-state index contributed by atoms with van der Waals surface area (Å²) in [6, 6.07) is 0. The standard InChI is InChI=1S/C10H18O3/c1-2-9(11)7-5-3-4-6-8(7)10(12)13/h7-9,11H,2-6H2,1H3,(H,12,13). The third-order valence-electron chi connectivity index (χ3n) is 3.05. The highest BCUT2D eigenvalue weighted by atomic mass is 16.4. The first kappa shape index (κ1) is 10.5. The summed E-state index contributed by atoms with van der Waals surface area (Å²) >= 11 is 0. The fourth-order valence-corrected chi connectivity index (χ4v) is 2.23. The Morgan fingerprint density at radius 1 is 1.46 bits per heavy atom. The highest BCUT2D eigenvalue weighted by Crippen LogP contribution is 2.33. The zero-order chi connectivity index (χ0) is 9.84. The van der Waals surface area contributed by atoms with Crippen LogP contribution >= 0.6 is 0 Å². The number of carboxylic acid groups (broad SMARTS) is 1. The van der Waals surface area contributed by atoms with Gasteiger partial charge in [-0.3, -0.25) is 4.79 Å². The Labute approximate surface area is 78.8 Å². The number of rotatable bonds is 3. The van der Waals surface area contributed by atoms with Crippen LogP contribution in [0.4, 0.5) is 0 Å². The molecule has 3 nitrogen and oxygen atoms in total. The average Bonchev–Trinajstić information content (AvgIpc) is 2.16. The predicted octanol–water partition coefficient (Wildman–Crippen LogP) is 1.65. The molecule has 0 aromatic carbocycles. The van der Waals surface area contributed by atoms with Crippen molar-refractivity contribution in [2.75, 3.05) is 0 Å². The molecule has 1 fully saturated rings. The molecular weight excluding hydrogens is 168 g/mol. The number of carboxylic acids is 1. The summed E-state index contributed by atoms with van der Waals surface area (Å²) in [5.74, 6) is -1.07. The second-order valence-corrected chi connectivity index (χ2v) is 3.87. The van der Waals surface area contributed by atoms with E-state index in [1.807, 2.05) is 6.92 Å². The van der Waals surface area contributed by atoms with Gasteiger partial charge < -0.3 is 10.2 Å². The second-order valence-electron chi connectivity index (χ2n) is 3.87. The molecule has 0 bridgehead atoms. The van der Waals surface area contributed by atoms with Gasteiger partial charge >= 0.3 is 5.97 Å². The fraction of sp³-hybridized carbons (Fsp3) is 0.900. The van der Waals surface area contributed by atoms with E-state index in [0.717, 1.165) is 25.7 Å². The highest BCUT2D eigenvalue weighted by molar-refractivity contribution is 5.70. The van der Waals surface area contributed by atoms with Gasteiger partial charge in [0, 0.05) is 0 Å². The molecule has 0 spiro atoms. The molecule has 0 heterocycles. The van der Waals surface area contributed by atoms with Gasteiger partial charge in [-0.1, -0.05) is 19.8 Å². The molecule has 13 heavy (non-hydrogen) atoms. The van der Waals surface area contributed by atoms with Crippen LogP contribution in [-0.4, -0.2) is 22.3 Å². The van der Waals surface area contributed by atoms with Crippen LogP contribution in [0, 0.1) is 11.8 Å². The Hall–Kier alpha value is -0.570. The van der Waals surface area contributed by atoms with Crippen molar-refractivity contribution in [2.45, 2.75) is 45.1 Å². The van der Waals surface area contributed by atoms with Gasteiger partial charge in [0.1, 0.15) is 0 Å². The first-order valence-corrected chi connectivity index (χ1v) is 5.07. The molecule has 2 N–H and O–H groups in total. The molecule has 0 aliphatic heterocycles. The normalized spacial score (nSPS) is 31.2. The minimum absolute atomic E-state index is 0.0174. The highest BCUT2D eigenvalue weighted by Gasteiger charge is 2.34. The number of hydrogen-bond donors (Lipinski definition) is 2. The number of aliphatic hydroxyl groups is 1. The maximum atomic E-state index is 10.9. The van der Waals surface area contributed by atoms with Crippen molar-refractivity contribution in [3.63, 3.8) is 0 Å². The van der Waals surface area contributed by atoms with Gasteiger partial charge in [0.2, 0.25) is 0 Å². The Morgan fingerprint density at radius 3 is 2.62 bits per heavy atom. The van der Waals surface area contributed by atoms with Gasteiger partial charge in [-0.15, -0.1) is 0 Å². The van der Waals surface area contributed by atoms with E-state index in [1.54, 1.807) is 0 Å². The van der Waals surface area contributed by atoms with E-state index in [4.69, 9.17) is 5.11 Å². The number of hydrogen-bond acceptors (Lipinski definition) is 2.